The topological polar surface area (TPSA) is 85.1 Å². The molecule has 0 fully saturated rings. The summed E-state index contributed by atoms with van der Waals surface area (Å²) >= 11 is 0. The molecule has 9 nitrogen and oxygen atoms in total. The molecule has 10 heteroatoms. The Morgan fingerprint density at radius 1 is 0.603 bits per heavy atom. The molecule has 5 aromatic carbocycles. The minimum atomic E-state index is -0.0311. The maximum absolute atomic E-state index is 6.53. The summed E-state index contributed by atoms with van der Waals surface area (Å²) in [6.07, 6.45) is 3.66. The Balaban J connectivity index is 0.00000436. The van der Waals surface area contributed by atoms with Crippen LogP contribution in [-0.2, 0) is 26.5 Å². The van der Waals surface area contributed by atoms with Crippen molar-refractivity contribution in [3.63, 3.8) is 0 Å². The van der Waals surface area contributed by atoms with Crippen LogP contribution in [0.5, 0.6) is 11.5 Å². The van der Waals surface area contributed by atoms with Crippen molar-refractivity contribution in [2.45, 2.75) is 26.2 Å². The van der Waals surface area contributed by atoms with Gasteiger partial charge in [0.2, 0.25) is 5.95 Å². The summed E-state index contributed by atoms with van der Waals surface area (Å²) in [5.41, 5.74) is 6.44. The van der Waals surface area contributed by atoms with Crippen molar-refractivity contribution in [1.82, 2.24) is 29.5 Å². The van der Waals surface area contributed by atoms with Gasteiger partial charge in [-0.1, -0.05) is 111 Å². The molecule has 0 radical (unpaired) electrons. The molecule has 0 saturated heterocycles. The Labute approximate surface area is 350 Å². The Kier molecular flexibility index (Phi) is 9.54. The van der Waals surface area contributed by atoms with E-state index < -0.39 is 0 Å². The average molecular weight is 935 g/mol. The zero-order valence-electron chi connectivity index (χ0n) is 31.8. The van der Waals surface area contributed by atoms with Crippen LogP contribution in [0.2, 0.25) is 0 Å². The maximum Gasteiger partial charge on any atom is 0.205 e. The number of fused-ring (bicyclic) bond motifs is 4. The minimum Gasteiger partial charge on any atom is -0.509 e. The molecule has 0 spiro atoms. The van der Waals surface area contributed by atoms with E-state index in [0.717, 1.165) is 50.1 Å². The first-order valence-corrected chi connectivity index (χ1v) is 18.8. The standard InChI is InChI=1S/C48H35N8O.Pt/c1-48(2,3)34-25-27-49-43(28-34)56-40-21-11-10-20-38(40)39-24-23-37(30-42(39)56)57-36-19-12-18-35(29-36)54-31-55(41-22-13-26-50-46(41)54)47-52-44(32-14-6-4-7-15-32)51-45(53-47)33-16-8-5-9-17-33;/h4-28,31H,1-3H3;/q-3;. The van der Waals surface area contributed by atoms with Crippen molar-refractivity contribution in [1.29, 1.82) is 0 Å². The number of nitrogens with zero attached hydrogens (tertiary/aromatic N) is 8. The summed E-state index contributed by atoms with van der Waals surface area (Å²) in [7, 11) is 0. The molecular formula is C48H35N8OPt-3. The van der Waals surface area contributed by atoms with Gasteiger partial charge in [0.1, 0.15) is 11.6 Å². The second kappa shape index (κ2) is 15.0. The number of aromatic nitrogens is 6. The van der Waals surface area contributed by atoms with Gasteiger partial charge in [-0.25, -0.2) is 15.0 Å². The van der Waals surface area contributed by atoms with Crippen LogP contribution in [0.1, 0.15) is 26.3 Å². The molecule has 58 heavy (non-hydrogen) atoms. The van der Waals surface area contributed by atoms with Crippen LogP contribution in [0.25, 0.3) is 50.4 Å². The van der Waals surface area contributed by atoms with Crippen molar-refractivity contribution in [3.05, 3.63) is 176 Å². The summed E-state index contributed by atoms with van der Waals surface area (Å²) in [4.78, 5) is 28.3. The van der Waals surface area contributed by atoms with Crippen LogP contribution in [-0.4, -0.2) is 29.5 Å². The average Bonchev–Trinajstić information content (AvgIpc) is 3.80. The van der Waals surface area contributed by atoms with Gasteiger partial charge >= 0.3 is 0 Å². The first-order valence-electron chi connectivity index (χ1n) is 18.8. The fourth-order valence-corrected chi connectivity index (χ4v) is 7.17. The molecule has 1 aliphatic heterocycles. The molecule has 5 heterocycles. The van der Waals surface area contributed by atoms with Crippen LogP contribution in [0.3, 0.4) is 0 Å². The number of hydrogen-bond donors (Lipinski definition) is 0. The van der Waals surface area contributed by atoms with Crippen LogP contribution in [0, 0.1) is 18.8 Å². The monoisotopic (exact) mass is 934 g/mol. The largest absolute Gasteiger partial charge is 0.509 e. The van der Waals surface area contributed by atoms with Crippen LogP contribution in [0.15, 0.2) is 152 Å². The van der Waals surface area contributed by atoms with Crippen molar-refractivity contribution < 1.29 is 25.8 Å². The molecule has 0 unspecified atom stereocenters. The third kappa shape index (κ3) is 6.77. The van der Waals surface area contributed by atoms with Gasteiger partial charge < -0.3 is 19.1 Å². The fourth-order valence-electron chi connectivity index (χ4n) is 7.17. The smallest absolute Gasteiger partial charge is 0.205 e. The van der Waals surface area contributed by atoms with E-state index in [2.05, 4.69) is 79.9 Å². The van der Waals surface area contributed by atoms with E-state index in [0.29, 0.717) is 34.9 Å². The first-order chi connectivity index (χ1) is 27.9. The number of hydrogen-bond acceptors (Lipinski definition) is 8. The summed E-state index contributed by atoms with van der Waals surface area (Å²) in [6, 6.07) is 53.3. The van der Waals surface area contributed by atoms with E-state index in [1.807, 2.05) is 120 Å². The summed E-state index contributed by atoms with van der Waals surface area (Å²) in [5, 5.41) is 2.19. The minimum absolute atomic E-state index is 0. The molecule has 0 bridgehead atoms. The van der Waals surface area contributed by atoms with Crippen molar-refractivity contribution in [3.8, 4) is 40.1 Å². The van der Waals surface area contributed by atoms with E-state index in [1.54, 1.807) is 6.20 Å². The predicted molar refractivity (Wildman–Crippen MR) is 225 cm³/mol. The number of pyridine rings is 2. The zero-order chi connectivity index (χ0) is 38.5. The molecular weight excluding hydrogens is 900 g/mol. The normalized spacial score (nSPS) is 12.5. The Bertz CT molecular complexity index is 2870. The van der Waals surface area contributed by atoms with E-state index in [1.165, 1.54) is 5.56 Å². The van der Waals surface area contributed by atoms with Crippen LogP contribution < -0.4 is 14.5 Å². The van der Waals surface area contributed by atoms with Gasteiger partial charge in [-0.2, -0.15) is 22.1 Å². The van der Waals surface area contributed by atoms with Crippen molar-refractivity contribution >= 4 is 44.9 Å². The number of anilines is 4. The molecule has 286 valence electrons. The fraction of sp³-hybridized carbons (Fsp3) is 0.0833. The number of para-hydroxylation sites is 1. The van der Waals surface area contributed by atoms with Crippen molar-refractivity contribution in [2.75, 3.05) is 9.80 Å². The molecule has 0 N–H and O–H groups in total. The van der Waals surface area contributed by atoms with E-state index in [-0.39, 0.29) is 26.5 Å². The van der Waals surface area contributed by atoms with Crippen LogP contribution >= 0.6 is 0 Å². The van der Waals surface area contributed by atoms with Gasteiger partial charge in [0, 0.05) is 61.6 Å². The third-order valence-corrected chi connectivity index (χ3v) is 10.0. The van der Waals surface area contributed by atoms with Crippen molar-refractivity contribution in [2.24, 2.45) is 0 Å². The molecule has 0 atom stereocenters. The van der Waals surface area contributed by atoms with E-state index >= 15 is 0 Å². The molecule has 10 rings (SSSR count). The number of rotatable bonds is 7. The van der Waals surface area contributed by atoms with E-state index in [9.17, 15) is 0 Å². The first kappa shape index (κ1) is 36.9. The SMILES string of the molecule is CC(C)(C)c1ccnc(-n2c3[c-]c(Oc4[c-]c(N5[CH-]N(c6nc(-c7ccccc7)nc(-c7ccccc7)n6)c6cccnc65)ccc4)ccc3c3ccccc32)c1.[Pt]. The predicted octanol–water partition coefficient (Wildman–Crippen LogP) is 11.2. The van der Waals surface area contributed by atoms with Gasteiger partial charge in [-0.3, -0.25) is 0 Å². The van der Waals surface area contributed by atoms with E-state index in [4.69, 9.17) is 29.7 Å². The number of benzene rings is 5. The van der Waals surface area contributed by atoms with Gasteiger partial charge in [0.25, 0.3) is 0 Å². The quantitative estimate of drug-likeness (QED) is 0.146. The third-order valence-electron chi connectivity index (χ3n) is 10.0. The summed E-state index contributed by atoms with van der Waals surface area (Å²) < 4.78 is 8.69. The second-order valence-electron chi connectivity index (χ2n) is 14.8. The molecule has 1 aliphatic rings. The molecule has 0 aliphatic carbocycles. The van der Waals surface area contributed by atoms with Crippen LogP contribution in [0.4, 0.5) is 23.1 Å². The molecule has 4 aromatic heterocycles. The maximum atomic E-state index is 6.53. The zero-order valence-corrected chi connectivity index (χ0v) is 34.1. The van der Waals surface area contributed by atoms with Gasteiger partial charge in [0.05, 0.1) is 5.69 Å². The second-order valence-corrected chi connectivity index (χ2v) is 14.8. The van der Waals surface area contributed by atoms with Gasteiger partial charge in [-0.15, -0.1) is 42.4 Å². The molecule has 0 saturated carbocycles. The summed E-state index contributed by atoms with van der Waals surface area (Å²) in [6.45, 7) is 8.57. The molecule has 0 amide bonds. The summed E-state index contributed by atoms with van der Waals surface area (Å²) in [5.74, 6) is 4.24. The number of ether oxygens (including phenoxy) is 1. The van der Waals surface area contributed by atoms with Gasteiger partial charge in [-0.05, 0) is 46.7 Å². The molecule has 9 aromatic rings. The Hall–Kier alpha value is -6.70. The Morgan fingerprint density at radius 2 is 1.31 bits per heavy atom. The van der Waals surface area contributed by atoms with Gasteiger partial charge in [0.15, 0.2) is 11.6 Å². The Morgan fingerprint density at radius 3 is 2.05 bits per heavy atom.